The lowest BCUT2D eigenvalue weighted by atomic mass is 9.47. The summed E-state index contributed by atoms with van der Waals surface area (Å²) < 4.78 is 13.0. The minimum absolute atomic E-state index is 0.104. The van der Waals surface area contributed by atoms with E-state index < -0.39 is 0 Å². The van der Waals surface area contributed by atoms with E-state index in [2.05, 4.69) is 33.8 Å². The molecule has 2 heterocycles. The van der Waals surface area contributed by atoms with Crippen LogP contribution in [0.15, 0.2) is 11.6 Å². The van der Waals surface area contributed by atoms with Gasteiger partial charge in [-0.25, -0.2) is 0 Å². The van der Waals surface area contributed by atoms with Gasteiger partial charge in [-0.3, -0.25) is 0 Å². The molecule has 0 radical (unpaired) electrons. The number of ether oxygens (including phenoxy) is 2. The molecule has 4 aliphatic carbocycles. The van der Waals surface area contributed by atoms with Crippen LogP contribution in [-0.2, 0) is 9.47 Å². The van der Waals surface area contributed by atoms with Crippen molar-refractivity contribution >= 4 is 0 Å². The van der Waals surface area contributed by atoms with Gasteiger partial charge in [0.1, 0.15) is 0 Å². The Hall–Kier alpha value is -0.380. The minimum atomic E-state index is -0.104. The van der Waals surface area contributed by atoms with Gasteiger partial charge in [-0.15, -0.1) is 0 Å². The molecule has 1 N–H and O–H groups in total. The van der Waals surface area contributed by atoms with Gasteiger partial charge in [0.2, 0.25) is 0 Å². The summed E-state index contributed by atoms with van der Waals surface area (Å²) in [5.41, 5.74) is 2.35. The molecule has 12 atom stereocenters. The van der Waals surface area contributed by atoms with Crippen molar-refractivity contribution in [2.24, 2.45) is 46.3 Å². The second-order valence-corrected chi connectivity index (χ2v) is 12.7. The molecule has 3 heteroatoms. The van der Waals surface area contributed by atoms with Gasteiger partial charge in [-0.2, -0.15) is 0 Å². The molecule has 0 aromatic rings. The van der Waals surface area contributed by atoms with Crippen molar-refractivity contribution in [2.45, 2.75) is 103 Å². The lowest BCUT2D eigenvalue weighted by molar-refractivity contribution is -0.0764. The standard InChI is InChI=1S/C27H42O3/c1-15-11-23(29-14-15)25-16(2)24-22(30-25)13-21-19-6-5-17-12-18(28)7-9-26(17,3)20(19)8-10-27(21,24)4/h5,15-16,18-25,28H,6-14H2,1-4H3/t15?,16-,18-,19?,20-,21-,22-,23?,24-,25?,26?,27-/m0/s1. The van der Waals surface area contributed by atoms with E-state index in [9.17, 15) is 5.11 Å². The molecule has 0 spiro atoms. The zero-order chi connectivity index (χ0) is 20.8. The summed E-state index contributed by atoms with van der Waals surface area (Å²) in [6, 6.07) is 0. The number of hydrogen-bond acceptors (Lipinski definition) is 3. The molecule has 0 aromatic carbocycles. The minimum Gasteiger partial charge on any atom is -0.393 e. The van der Waals surface area contributed by atoms with E-state index in [0.717, 1.165) is 37.2 Å². The van der Waals surface area contributed by atoms with Crippen LogP contribution in [0.5, 0.6) is 0 Å². The largest absolute Gasteiger partial charge is 0.393 e. The van der Waals surface area contributed by atoms with Crippen molar-refractivity contribution in [3.05, 3.63) is 11.6 Å². The smallest absolute Gasteiger partial charge is 0.0869 e. The predicted octanol–water partition coefficient (Wildman–Crippen LogP) is 5.36. The van der Waals surface area contributed by atoms with Crippen molar-refractivity contribution < 1.29 is 14.6 Å². The van der Waals surface area contributed by atoms with Crippen LogP contribution >= 0.6 is 0 Å². The molecule has 3 nitrogen and oxygen atoms in total. The normalized spacial score (nSPS) is 59.8. The van der Waals surface area contributed by atoms with Gasteiger partial charge in [-0.1, -0.05) is 39.3 Å². The first-order valence-electron chi connectivity index (χ1n) is 13.0. The Balaban J connectivity index is 1.26. The summed E-state index contributed by atoms with van der Waals surface area (Å²) in [6.45, 7) is 10.9. The first-order valence-corrected chi connectivity index (χ1v) is 13.0. The van der Waals surface area contributed by atoms with Crippen LogP contribution in [0.2, 0.25) is 0 Å². The van der Waals surface area contributed by atoms with Crippen molar-refractivity contribution in [1.29, 1.82) is 0 Å². The third-order valence-electron chi connectivity index (χ3n) is 11.2. The quantitative estimate of drug-likeness (QED) is 0.587. The maximum absolute atomic E-state index is 10.3. The average molecular weight is 415 g/mol. The SMILES string of the molecule is CC1COC(C2O[C@H]3C[C@H]4C5CC=C6C[C@@H](O)CCC6(C)[C@H]5CC[C@]4(C)[C@H]3[C@@H]2C)C1. The van der Waals surface area contributed by atoms with Gasteiger partial charge in [0.05, 0.1) is 24.4 Å². The van der Waals surface area contributed by atoms with Crippen LogP contribution in [0.1, 0.15) is 79.1 Å². The van der Waals surface area contributed by atoms with Crippen molar-refractivity contribution in [2.75, 3.05) is 6.61 Å². The molecular weight excluding hydrogens is 372 g/mol. The predicted molar refractivity (Wildman–Crippen MR) is 118 cm³/mol. The first kappa shape index (κ1) is 20.2. The lowest BCUT2D eigenvalue weighted by Crippen LogP contribution is -2.51. The number of rotatable bonds is 1. The molecule has 0 aromatic heterocycles. The second kappa shape index (κ2) is 6.81. The number of aliphatic hydroxyl groups excluding tert-OH is 1. The molecule has 5 fully saturated rings. The molecular formula is C27H42O3. The highest BCUT2D eigenvalue weighted by Crippen LogP contribution is 2.69. The summed E-state index contributed by atoms with van der Waals surface area (Å²) in [4.78, 5) is 0. The fourth-order valence-corrected chi connectivity index (χ4v) is 9.75. The average Bonchev–Trinajstić information content (AvgIpc) is 3.36. The second-order valence-electron chi connectivity index (χ2n) is 12.7. The Bertz CT molecular complexity index is 732. The van der Waals surface area contributed by atoms with E-state index in [-0.39, 0.29) is 6.10 Å². The molecule has 0 amide bonds. The maximum Gasteiger partial charge on any atom is 0.0869 e. The van der Waals surface area contributed by atoms with Gasteiger partial charge < -0.3 is 14.6 Å². The molecule has 2 aliphatic heterocycles. The molecule has 0 bridgehead atoms. The Labute approximate surface area is 183 Å². The van der Waals surface area contributed by atoms with Crippen molar-refractivity contribution in [1.82, 2.24) is 0 Å². The van der Waals surface area contributed by atoms with Crippen LogP contribution in [-0.4, -0.2) is 36.1 Å². The third-order valence-corrected chi connectivity index (χ3v) is 11.2. The maximum atomic E-state index is 10.3. The van der Waals surface area contributed by atoms with Crippen LogP contribution in [0.3, 0.4) is 0 Å². The number of fused-ring (bicyclic) bond motifs is 7. The molecule has 5 unspecified atom stereocenters. The van der Waals surface area contributed by atoms with E-state index in [1.807, 2.05) is 0 Å². The molecule has 3 saturated carbocycles. The van der Waals surface area contributed by atoms with Crippen LogP contribution in [0.25, 0.3) is 0 Å². The Morgan fingerprint density at radius 3 is 2.63 bits per heavy atom. The van der Waals surface area contributed by atoms with Gasteiger partial charge in [-0.05, 0) is 97.7 Å². The first-order chi connectivity index (χ1) is 14.3. The van der Waals surface area contributed by atoms with Gasteiger partial charge in [0, 0.05) is 6.61 Å². The van der Waals surface area contributed by atoms with E-state index in [1.165, 1.54) is 38.5 Å². The summed E-state index contributed by atoms with van der Waals surface area (Å²) in [5.74, 6) is 4.44. The van der Waals surface area contributed by atoms with Crippen LogP contribution in [0.4, 0.5) is 0 Å². The Morgan fingerprint density at radius 1 is 1.03 bits per heavy atom. The van der Waals surface area contributed by atoms with Crippen molar-refractivity contribution in [3.8, 4) is 0 Å². The molecule has 30 heavy (non-hydrogen) atoms. The van der Waals surface area contributed by atoms with E-state index in [0.29, 0.717) is 46.9 Å². The van der Waals surface area contributed by atoms with Crippen LogP contribution < -0.4 is 0 Å². The molecule has 6 aliphatic rings. The highest BCUT2D eigenvalue weighted by atomic mass is 16.6. The van der Waals surface area contributed by atoms with E-state index in [4.69, 9.17) is 9.47 Å². The Kier molecular flexibility index (Phi) is 4.60. The topological polar surface area (TPSA) is 38.7 Å². The molecule has 168 valence electrons. The zero-order valence-corrected chi connectivity index (χ0v) is 19.5. The highest BCUT2D eigenvalue weighted by molar-refractivity contribution is 5.26. The Morgan fingerprint density at radius 2 is 1.87 bits per heavy atom. The monoisotopic (exact) mass is 414 g/mol. The fraction of sp³-hybridized carbons (Fsp3) is 0.926. The van der Waals surface area contributed by atoms with E-state index in [1.54, 1.807) is 5.57 Å². The summed E-state index contributed by atoms with van der Waals surface area (Å²) >= 11 is 0. The summed E-state index contributed by atoms with van der Waals surface area (Å²) in [5, 5.41) is 10.3. The zero-order valence-electron chi connectivity index (χ0n) is 19.5. The summed E-state index contributed by atoms with van der Waals surface area (Å²) in [6.07, 6.45) is 13.1. The van der Waals surface area contributed by atoms with Gasteiger partial charge >= 0.3 is 0 Å². The molecule has 2 saturated heterocycles. The number of hydrogen-bond donors (Lipinski definition) is 1. The summed E-state index contributed by atoms with van der Waals surface area (Å²) in [7, 11) is 0. The highest BCUT2D eigenvalue weighted by Gasteiger charge is 2.65. The number of aliphatic hydroxyl groups is 1. The lowest BCUT2D eigenvalue weighted by Gasteiger charge is -2.58. The fourth-order valence-electron chi connectivity index (χ4n) is 9.75. The third kappa shape index (κ3) is 2.67. The number of allylic oxidation sites excluding steroid dienone is 1. The van der Waals surface area contributed by atoms with Gasteiger partial charge in [0.25, 0.3) is 0 Å². The molecule has 6 rings (SSSR count). The van der Waals surface area contributed by atoms with Crippen molar-refractivity contribution in [3.63, 3.8) is 0 Å². The van der Waals surface area contributed by atoms with E-state index >= 15 is 0 Å². The van der Waals surface area contributed by atoms with Crippen LogP contribution in [0, 0.1) is 46.3 Å². The van der Waals surface area contributed by atoms with Gasteiger partial charge in [0.15, 0.2) is 0 Å².